The van der Waals surface area contributed by atoms with E-state index in [0.29, 0.717) is 6.54 Å². The third-order valence-electron chi connectivity index (χ3n) is 2.63. The highest BCUT2D eigenvalue weighted by Crippen LogP contribution is 2.30. The molecule has 0 aliphatic carbocycles. The fourth-order valence-electron chi connectivity index (χ4n) is 1.65. The highest BCUT2D eigenvalue weighted by molar-refractivity contribution is 5.46. The molecule has 1 rings (SSSR count). The summed E-state index contributed by atoms with van der Waals surface area (Å²) in [5, 5.41) is 3.29. The SMILES string of the molecule is C#CC(CC)NCc1cccc(OC)c1OC. The van der Waals surface area contributed by atoms with Crippen molar-refractivity contribution in [2.45, 2.75) is 25.9 Å². The van der Waals surface area contributed by atoms with Crippen molar-refractivity contribution in [3.05, 3.63) is 23.8 Å². The topological polar surface area (TPSA) is 30.5 Å². The molecule has 0 fully saturated rings. The summed E-state index contributed by atoms with van der Waals surface area (Å²) >= 11 is 0. The number of hydrogen-bond donors (Lipinski definition) is 1. The molecule has 0 amide bonds. The summed E-state index contributed by atoms with van der Waals surface area (Å²) in [4.78, 5) is 0. The van der Waals surface area contributed by atoms with E-state index in [-0.39, 0.29) is 6.04 Å². The van der Waals surface area contributed by atoms with Crippen molar-refractivity contribution in [2.75, 3.05) is 14.2 Å². The zero-order valence-corrected chi connectivity index (χ0v) is 10.6. The Kier molecular flexibility index (Phi) is 5.38. The summed E-state index contributed by atoms with van der Waals surface area (Å²) < 4.78 is 10.6. The second-order valence-corrected chi connectivity index (χ2v) is 3.66. The monoisotopic (exact) mass is 233 g/mol. The summed E-state index contributed by atoms with van der Waals surface area (Å²) in [6.07, 6.45) is 6.31. The Morgan fingerprint density at radius 1 is 1.35 bits per heavy atom. The number of rotatable bonds is 6. The van der Waals surface area contributed by atoms with Crippen LogP contribution in [0.5, 0.6) is 11.5 Å². The van der Waals surface area contributed by atoms with E-state index in [9.17, 15) is 0 Å². The van der Waals surface area contributed by atoms with E-state index in [1.165, 1.54) is 0 Å². The molecule has 0 spiro atoms. The maximum absolute atomic E-state index is 5.41. The second-order valence-electron chi connectivity index (χ2n) is 3.66. The van der Waals surface area contributed by atoms with Crippen LogP contribution in [0.15, 0.2) is 18.2 Å². The number of ether oxygens (including phenoxy) is 2. The van der Waals surface area contributed by atoms with Gasteiger partial charge in [0.1, 0.15) is 0 Å². The fraction of sp³-hybridized carbons (Fsp3) is 0.429. The largest absolute Gasteiger partial charge is 0.493 e. The van der Waals surface area contributed by atoms with Crippen LogP contribution in [0.25, 0.3) is 0 Å². The van der Waals surface area contributed by atoms with Gasteiger partial charge in [-0.15, -0.1) is 6.42 Å². The van der Waals surface area contributed by atoms with Crippen LogP contribution in [0.4, 0.5) is 0 Å². The molecule has 1 aromatic rings. The van der Waals surface area contributed by atoms with Crippen LogP contribution >= 0.6 is 0 Å². The number of terminal acetylenes is 1. The fourth-order valence-corrected chi connectivity index (χ4v) is 1.65. The molecule has 0 bridgehead atoms. The van der Waals surface area contributed by atoms with Crippen LogP contribution in [-0.4, -0.2) is 20.3 Å². The summed E-state index contributed by atoms with van der Waals surface area (Å²) in [6.45, 7) is 2.73. The smallest absolute Gasteiger partial charge is 0.165 e. The van der Waals surface area contributed by atoms with E-state index in [1.54, 1.807) is 14.2 Å². The molecule has 1 N–H and O–H groups in total. The van der Waals surface area contributed by atoms with Crippen molar-refractivity contribution < 1.29 is 9.47 Å². The van der Waals surface area contributed by atoms with Crippen LogP contribution < -0.4 is 14.8 Å². The third-order valence-corrected chi connectivity index (χ3v) is 2.63. The van der Waals surface area contributed by atoms with Crippen molar-refractivity contribution in [1.29, 1.82) is 0 Å². The molecule has 3 heteroatoms. The van der Waals surface area contributed by atoms with Gasteiger partial charge >= 0.3 is 0 Å². The summed E-state index contributed by atoms with van der Waals surface area (Å²) in [5.41, 5.74) is 1.04. The lowest BCUT2D eigenvalue weighted by Gasteiger charge is -2.15. The molecule has 1 unspecified atom stereocenters. The molecule has 0 saturated heterocycles. The van der Waals surface area contributed by atoms with Gasteiger partial charge in [-0.25, -0.2) is 0 Å². The molecule has 0 aliphatic rings. The first-order valence-electron chi connectivity index (χ1n) is 5.66. The van der Waals surface area contributed by atoms with Crippen LogP contribution in [0.3, 0.4) is 0 Å². The van der Waals surface area contributed by atoms with Crippen LogP contribution in [-0.2, 0) is 6.54 Å². The van der Waals surface area contributed by atoms with E-state index >= 15 is 0 Å². The Hall–Kier alpha value is -1.66. The van der Waals surface area contributed by atoms with Crippen molar-refractivity contribution >= 4 is 0 Å². The second kappa shape index (κ2) is 6.82. The minimum Gasteiger partial charge on any atom is -0.493 e. The number of para-hydroxylation sites is 1. The first kappa shape index (κ1) is 13.4. The summed E-state index contributed by atoms with van der Waals surface area (Å²) in [7, 11) is 3.27. The van der Waals surface area contributed by atoms with Gasteiger partial charge in [0.15, 0.2) is 11.5 Å². The number of benzene rings is 1. The molecule has 0 saturated carbocycles. The van der Waals surface area contributed by atoms with E-state index in [1.807, 2.05) is 18.2 Å². The van der Waals surface area contributed by atoms with Gasteiger partial charge in [-0.3, -0.25) is 5.32 Å². The summed E-state index contributed by atoms with van der Waals surface area (Å²) in [6, 6.07) is 5.90. The van der Waals surface area contributed by atoms with Crippen LogP contribution in [0.1, 0.15) is 18.9 Å². The molecule has 1 atom stereocenters. The molecule has 0 aromatic heterocycles. The zero-order valence-electron chi connectivity index (χ0n) is 10.6. The normalized spacial score (nSPS) is 11.6. The average molecular weight is 233 g/mol. The highest BCUT2D eigenvalue weighted by Gasteiger charge is 2.10. The Labute approximate surface area is 103 Å². The predicted molar refractivity (Wildman–Crippen MR) is 69.3 cm³/mol. The first-order valence-corrected chi connectivity index (χ1v) is 5.66. The van der Waals surface area contributed by atoms with E-state index in [4.69, 9.17) is 15.9 Å². The van der Waals surface area contributed by atoms with Crippen molar-refractivity contribution in [1.82, 2.24) is 5.32 Å². The number of hydrogen-bond acceptors (Lipinski definition) is 3. The molecule has 1 aromatic carbocycles. The van der Waals surface area contributed by atoms with Gasteiger partial charge in [0, 0.05) is 12.1 Å². The van der Waals surface area contributed by atoms with Gasteiger partial charge in [-0.05, 0) is 12.5 Å². The molecule has 0 aliphatic heterocycles. The van der Waals surface area contributed by atoms with E-state index in [0.717, 1.165) is 23.5 Å². The van der Waals surface area contributed by atoms with E-state index in [2.05, 4.69) is 18.2 Å². The molecule has 17 heavy (non-hydrogen) atoms. The van der Waals surface area contributed by atoms with Gasteiger partial charge in [0.2, 0.25) is 0 Å². The predicted octanol–water partition coefficient (Wildman–Crippen LogP) is 2.21. The van der Waals surface area contributed by atoms with Crippen molar-refractivity contribution in [3.63, 3.8) is 0 Å². The maximum atomic E-state index is 5.41. The molecule has 92 valence electrons. The van der Waals surface area contributed by atoms with Gasteiger partial charge in [-0.2, -0.15) is 0 Å². The Morgan fingerprint density at radius 2 is 2.12 bits per heavy atom. The zero-order chi connectivity index (χ0) is 12.7. The minimum absolute atomic E-state index is 0.0888. The van der Waals surface area contributed by atoms with Crippen molar-refractivity contribution in [3.8, 4) is 23.8 Å². The van der Waals surface area contributed by atoms with E-state index < -0.39 is 0 Å². The Bertz CT molecular complexity index is 396. The van der Waals surface area contributed by atoms with Gasteiger partial charge in [0.25, 0.3) is 0 Å². The Balaban J connectivity index is 2.80. The lowest BCUT2D eigenvalue weighted by Crippen LogP contribution is -2.26. The summed E-state index contributed by atoms with van der Waals surface area (Å²) in [5.74, 6) is 4.20. The molecular formula is C14H19NO2. The lowest BCUT2D eigenvalue weighted by molar-refractivity contribution is 0.350. The quantitative estimate of drug-likeness (QED) is 0.764. The standard InChI is InChI=1S/C14H19NO2/c1-5-12(6-2)15-10-11-8-7-9-13(16-3)14(11)17-4/h1,7-9,12,15H,6,10H2,2-4H3. The number of nitrogens with one attached hydrogen (secondary N) is 1. The van der Waals surface area contributed by atoms with Crippen LogP contribution in [0, 0.1) is 12.3 Å². The van der Waals surface area contributed by atoms with Gasteiger partial charge in [-0.1, -0.05) is 25.0 Å². The molecule has 3 nitrogen and oxygen atoms in total. The maximum Gasteiger partial charge on any atom is 0.165 e. The minimum atomic E-state index is 0.0888. The molecule has 0 radical (unpaired) electrons. The van der Waals surface area contributed by atoms with Crippen molar-refractivity contribution in [2.24, 2.45) is 0 Å². The molecule has 0 heterocycles. The molecular weight excluding hydrogens is 214 g/mol. The lowest BCUT2D eigenvalue weighted by atomic mass is 10.1. The van der Waals surface area contributed by atoms with Crippen LogP contribution in [0.2, 0.25) is 0 Å². The highest BCUT2D eigenvalue weighted by atomic mass is 16.5. The van der Waals surface area contributed by atoms with Gasteiger partial charge < -0.3 is 9.47 Å². The first-order chi connectivity index (χ1) is 8.26. The average Bonchev–Trinajstić information content (AvgIpc) is 2.39. The number of methoxy groups -OCH3 is 2. The Morgan fingerprint density at radius 3 is 2.65 bits per heavy atom. The van der Waals surface area contributed by atoms with Gasteiger partial charge in [0.05, 0.1) is 20.3 Å². The third kappa shape index (κ3) is 3.40.